The number of aliphatic hydroxyl groups excluding tert-OH is 1. The van der Waals surface area contributed by atoms with Gasteiger partial charge >= 0.3 is 6.09 Å². The number of ether oxygens (including phenoxy) is 1. The maximum absolute atomic E-state index is 11.2. The summed E-state index contributed by atoms with van der Waals surface area (Å²) in [5.41, 5.74) is 0. The number of hydrogen-bond acceptors (Lipinski definition) is 3. The largest absolute Gasteiger partial charge is 0.445 e. The van der Waals surface area contributed by atoms with Crippen molar-refractivity contribution in [3.05, 3.63) is 23.3 Å². The van der Waals surface area contributed by atoms with E-state index >= 15 is 0 Å². The minimum absolute atomic E-state index is 0.177. The van der Waals surface area contributed by atoms with Gasteiger partial charge in [0.15, 0.2) is 0 Å². The van der Waals surface area contributed by atoms with Gasteiger partial charge < -0.3 is 9.84 Å². The third-order valence-corrected chi connectivity index (χ3v) is 2.26. The number of aliphatic hydroxyl groups is 1. The Morgan fingerprint density at radius 1 is 2.00 bits per heavy atom. The Labute approximate surface area is 84.6 Å². The fraction of sp³-hybridized carbons (Fsp3) is 0.375. The Morgan fingerprint density at radius 2 is 2.69 bits per heavy atom. The van der Waals surface area contributed by atoms with Crippen molar-refractivity contribution in [2.45, 2.75) is 6.10 Å². The molecule has 0 saturated heterocycles. The summed E-state index contributed by atoms with van der Waals surface area (Å²) in [7, 11) is 0. The smallest absolute Gasteiger partial charge is 0.414 e. The molecule has 1 aliphatic heterocycles. The van der Waals surface area contributed by atoms with Crippen molar-refractivity contribution in [1.82, 2.24) is 4.90 Å². The van der Waals surface area contributed by atoms with E-state index in [2.05, 4.69) is 22.5 Å². The van der Waals surface area contributed by atoms with Crippen LogP contribution in [0.15, 0.2) is 23.3 Å². The Bertz CT molecular complexity index is 252. The lowest BCUT2D eigenvalue weighted by Gasteiger charge is -2.12. The minimum Gasteiger partial charge on any atom is -0.445 e. The molecule has 1 atom stereocenters. The van der Waals surface area contributed by atoms with Crippen LogP contribution in [0.3, 0.4) is 0 Å². The lowest BCUT2D eigenvalue weighted by molar-refractivity contribution is 0.118. The number of hydrogen-bond donors (Lipinski definition) is 1. The summed E-state index contributed by atoms with van der Waals surface area (Å²) in [5, 5.41) is 9.26. The van der Waals surface area contributed by atoms with Crippen molar-refractivity contribution < 1.29 is 14.6 Å². The van der Waals surface area contributed by atoms with Crippen LogP contribution in [0.1, 0.15) is 0 Å². The van der Waals surface area contributed by atoms with Gasteiger partial charge in [-0.3, -0.25) is 4.90 Å². The minimum atomic E-state index is -0.642. The van der Waals surface area contributed by atoms with E-state index in [1.165, 1.54) is 17.2 Å². The Morgan fingerprint density at radius 3 is 3.15 bits per heavy atom. The normalized spacial score (nSPS) is 21.2. The summed E-state index contributed by atoms with van der Waals surface area (Å²) < 4.78 is 5.35. The number of amides is 1. The van der Waals surface area contributed by atoms with Crippen molar-refractivity contribution in [2.75, 3.05) is 13.2 Å². The summed E-state index contributed by atoms with van der Waals surface area (Å²) in [6, 6.07) is 0. The van der Waals surface area contributed by atoms with Crippen LogP contribution >= 0.6 is 15.9 Å². The lowest BCUT2D eigenvalue weighted by Crippen LogP contribution is -2.28. The van der Waals surface area contributed by atoms with Gasteiger partial charge in [0.05, 0.1) is 6.54 Å². The van der Waals surface area contributed by atoms with Gasteiger partial charge in [-0.2, -0.15) is 0 Å². The van der Waals surface area contributed by atoms with Gasteiger partial charge in [-0.05, 0) is 0 Å². The third-order valence-electron chi connectivity index (χ3n) is 1.53. The van der Waals surface area contributed by atoms with E-state index in [4.69, 9.17) is 4.74 Å². The molecule has 1 unspecified atom stereocenters. The molecule has 0 radical (unpaired) electrons. The molecule has 0 saturated carbocycles. The van der Waals surface area contributed by atoms with Crippen LogP contribution < -0.4 is 0 Å². The first-order chi connectivity index (χ1) is 6.15. The van der Waals surface area contributed by atoms with E-state index in [1.807, 2.05) is 0 Å². The molecule has 0 spiro atoms. The first kappa shape index (κ1) is 10.3. The maximum Gasteiger partial charge on any atom is 0.414 e. The maximum atomic E-state index is 11.2. The van der Waals surface area contributed by atoms with Crippen molar-refractivity contribution in [3.63, 3.8) is 0 Å². The first-order valence-electron chi connectivity index (χ1n) is 3.74. The molecule has 0 aliphatic carbocycles. The van der Waals surface area contributed by atoms with E-state index in [1.54, 1.807) is 0 Å². The molecule has 4 nitrogen and oxygen atoms in total. The zero-order chi connectivity index (χ0) is 9.84. The van der Waals surface area contributed by atoms with Crippen molar-refractivity contribution in [1.29, 1.82) is 0 Å². The van der Waals surface area contributed by atoms with Gasteiger partial charge in [-0.25, -0.2) is 4.79 Å². The number of carbonyl (C=O) groups is 1. The molecule has 0 aromatic rings. The van der Waals surface area contributed by atoms with Crippen LogP contribution in [-0.2, 0) is 4.74 Å². The molecule has 13 heavy (non-hydrogen) atoms. The van der Waals surface area contributed by atoms with Crippen LogP contribution in [0.5, 0.6) is 0 Å². The topological polar surface area (TPSA) is 49.8 Å². The van der Waals surface area contributed by atoms with E-state index in [-0.39, 0.29) is 13.2 Å². The van der Waals surface area contributed by atoms with Crippen molar-refractivity contribution >= 4 is 22.0 Å². The van der Waals surface area contributed by atoms with Gasteiger partial charge in [0.1, 0.15) is 12.7 Å². The number of nitrogens with zero attached hydrogens (tertiary/aromatic N) is 1. The predicted molar refractivity (Wildman–Crippen MR) is 51.3 cm³/mol. The average molecular weight is 248 g/mol. The molecule has 5 heteroatoms. The van der Waals surface area contributed by atoms with Crippen molar-refractivity contribution in [2.24, 2.45) is 0 Å². The van der Waals surface area contributed by atoms with Crippen LogP contribution in [0.2, 0.25) is 0 Å². The van der Waals surface area contributed by atoms with Gasteiger partial charge in [-0.1, -0.05) is 28.6 Å². The molecule has 1 heterocycles. The quantitative estimate of drug-likeness (QED) is 0.747. The van der Waals surface area contributed by atoms with Gasteiger partial charge in [0, 0.05) is 10.7 Å². The summed E-state index contributed by atoms with van der Waals surface area (Å²) in [6.07, 6.45) is 1.88. The molecular weight excluding hydrogens is 238 g/mol. The first-order valence-corrected chi connectivity index (χ1v) is 4.54. The molecule has 72 valence electrons. The van der Waals surface area contributed by atoms with Crippen molar-refractivity contribution in [3.8, 4) is 0 Å². The Kier molecular flexibility index (Phi) is 3.50. The lowest BCUT2D eigenvalue weighted by atomic mass is 10.4. The van der Waals surface area contributed by atoms with Crippen LogP contribution in [-0.4, -0.2) is 35.4 Å². The standard InChI is InChI=1S/C8H10BrNO3/c1-2-3-13-8(12)10-4-6(9)7(11)5-10/h2,4,7,11H,1,3,5H2. The fourth-order valence-corrected chi connectivity index (χ4v) is 1.29. The molecule has 1 amide bonds. The van der Waals surface area contributed by atoms with Crippen LogP contribution in [0.25, 0.3) is 0 Å². The third kappa shape index (κ3) is 2.57. The highest BCUT2D eigenvalue weighted by molar-refractivity contribution is 9.11. The highest BCUT2D eigenvalue weighted by Gasteiger charge is 2.25. The monoisotopic (exact) mass is 247 g/mol. The number of β-amino-alcohol motifs (C(OH)–C–C–N with tert-alkyl or cyclic N) is 1. The molecule has 0 aromatic heterocycles. The average Bonchev–Trinajstić information content (AvgIpc) is 2.43. The van der Waals surface area contributed by atoms with E-state index in [9.17, 15) is 9.90 Å². The molecule has 1 N–H and O–H groups in total. The Hall–Kier alpha value is -0.810. The highest BCUT2D eigenvalue weighted by Crippen LogP contribution is 2.20. The van der Waals surface area contributed by atoms with Gasteiger partial charge in [-0.15, -0.1) is 0 Å². The molecule has 0 bridgehead atoms. The van der Waals surface area contributed by atoms with Crippen LogP contribution in [0, 0.1) is 0 Å². The number of halogens is 1. The zero-order valence-electron chi connectivity index (χ0n) is 6.94. The predicted octanol–water partition coefficient (Wildman–Crippen LogP) is 1.22. The Balaban J connectivity index is 2.46. The number of carbonyl (C=O) groups excluding carboxylic acids is 1. The van der Waals surface area contributed by atoms with E-state index in [0.717, 1.165) is 0 Å². The molecule has 0 fully saturated rings. The summed E-state index contributed by atoms with van der Waals surface area (Å²) >= 11 is 3.12. The van der Waals surface area contributed by atoms with Gasteiger partial charge in [0.2, 0.25) is 0 Å². The summed E-state index contributed by atoms with van der Waals surface area (Å²) in [4.78, 5) is 12.5. The summed E-state index contributed by atoms with van der Waals surface area (Å²) in [6.45, 7) is 3.83. The SMILES string of the molecule is C=CCOC(=O)N1C=C(Br)C(O)C1. The molecule has 1 aliphatic rings. The van der Waals surface area contributed by atoms with E-state index < -0.39 is 12.2 Å². The molecule has 1 rings (SSSR count). The van der Waals surface area contributed by atoms with E-state index in [0.29, 0.717) is 4.48 Å². The second kappa shape index (κ2) is 4.43. The second-order valence-corrected chi connectivity index (χ2v) is 3.46. The van der Waals surface area contributed by atoms with Crippen LogP contribution in [0.4, 0.5) is 4.79 Å². The highest BCUT2D eigenvalue weighted by atomic mass is 79.9. The molecular formula is C8H10BrNO3. The number of rotatable bonds is 2. The second-order valence-electron chi connectivity index (χ2n) is 2.55. The fourth-order valence-electron chi connectivity index (χ4n) is 0.902. The molecule has 0 aromatic carbocycles. The summed E-state index contributed by atoms with van der Waals surface area (Å²) in [5.74, 6) is 0. The zero-order valence-corrected chi connectivity index (χ0v) is 8.53. The van der Waals surface area contributed by atoms with Gasteiger partial charge in [0.25, 0.3) is 0 Å².